The molecule has 2 aromatic rings. The average molecular weight is 286 g/mol. The predicted octanol–water partition coefficient (Wildman–Crippen LogP) is 3.21. The van der Waals surface area contributed by atoms with Crippen LogP contribution < -0.4 is 5.32 Å². The van der Waals surface area contributed by atoms with E-state index in [1.54, 1.807) is 24.3 Å². The highest BCUT2D eigenvalue weighted by molar-refractivity contribution is 5.87. The topological polar surface area (TPSA) is 92.5 Å². The second-order valence-corrected chi connectivity index (χ2v) is 4.62. The lowest BCUT2D eigenvalue weighted by Crippen LogP contribution is -2.04. The summed E-state index contributed by atoms with van der Waals surface area (Å²) in [4.78, 5) is 21.2. The molecule has 0 saturated carbocycles. The zero-order chi connectivity index (χ0) is 15.4. The van der Waals surface area contributed by atoms with Crippen LogP contribution in [0.25, 0.3) is 0 Å². The lowest BCUT2D eigenvalue weighted by Gasteiger charge is -2.10. The van der Waals surface area contributed by atoms with Gasteiger partial charge in [0.15, 0.2) is 0 Å². The third kappa shape index (κ3) is 3.56. The second-order valence-electron chi connectivity index (χ2n) is 4.62. The molecular formula is C15H14N2O4. The van der Waals surface area contributed by atoms with Crippen LogP contribution in [0, 0.1) is 17.0 Å². The van der Waals surface area contributed by atoms with Crippen molar-refractivity contribution >= 4 is 17.3 Å². The van der Waals surface area contributed by atoms with Crippen LogP contribution in [0.1, 0.15) is 21.5 Å². The third-order valence-electron chi connectivity index (χ3n) is 3.09. The molecule has 0 bridgehead atoms. The van der Waals surface area contributed by atoms with Gasteiger partial charge in [-0.25, -0.2) is 4.79 Å². The molecule has 2 aromatic carbocycles. The van der Waals surface area contributed by atoms with E-state index in [1.807, 2.05) is 6.92 Å². The van der Waals surface area contributed by atoms with Crippen LogP contribution in [-0.2, 0) is 6.54 Å². The Hall–Kier alpha value is -2.89. The molecule has 108 valence electrons. The van der Waals surface area contributed by atoms with Crippen LogP contribution in [0.5, 0.6) is 0 Å². The molecule has 6 heteroatoms. The van der Waals surface area contributed by atoms with Gasteiger partial charge in [0.25, 0.3) is 5.69 Å². The lowest BCUT2D eigenvalue weighted by atomic mass is 10.1. The zero-order valence-electron chi connectivity index (χ0n) is 11.4. The molecule has 0 aliphatic carbocycles. The SMILES string of the molecule is Cc1ccc([N+](=O)[O-])cc1NCc1cccc(C(=O)O)c1. The minimum atomic E-state index is -0.983. The number of anilines is 1. The van der Waals surface area contributed by atoms with Crippen LogP contribution in [0.3, 0.4) is 0 Å². The van der Waals surface area contributed by atoms with E-state index in [-0.39, 0.29) is 11.3 Å². The number of rotatable bonds is 5. The summed E-state index contributed by atoms with van der Waals surface area (Å²) in [5.74, 6) is -0.983. The minimum absolute atomic E-state index is 0.0161. The number of hydrogen-bond acceptors (Lipinski definition) is 4. The molecule has 0 aromatic heterocycles. The fraction of sp³-hybridized carbons (Fsp3) is 0.133. The van der Waals surface area contributed by atoms with Gasteiger partial charge in [-0.15, -0.1) is 0 Å². The monoisotopic (exact) mass is 286 g/mol. The van der Waals surface area contributed by atoms with Gasteiger partial charge in [-0.1, -0.05) is 18.2 Å². The third-order valence-corrected chi connectivity index (χ3v) is 3.09. The summed E-state index contributed by atoms with van der Waals surface area (Å²) in [7, 11) is 0. The number of benzene rings is 2. The fourth-order valence-corrected chi connectivity index (χ4v) is 1.93. The first-order valence-electron chi connectivity index (χ1n) is 6.28. The number of aromatic carboxylic acids is 1. The molecule has 0 radical (unpaired) electrons. The largest absolute Gasteiger partial charge is 0.478 e. The van der Waals surface area contributed by atoms with Crippen molar-refractivity contribution in [2.45, 2.75) is 13.5 Å². The standard InChI is InChI=1S/C15H14N2O4/c1-10-5-6-13(17(20)21)8-14(10)16-9-11-3-2-4-12(7-11)15(18)19/h2-8,16H,9H2,1H3,(H,18,19). The first-order chi connectivity index (χ1) is 9.97. The van der Waals surface area contributed by atoms with Gasteiger partial charge in [0, 0.05) is 24.4 Å². The van der Waals surface area contributed by atoms with Crippen molar-refractivity contribution in [2.75, 3.05) is 5.32 Å². The van der Waals surface area contributed by atoms with Crippen molar-refractivity contribution in [3.63, 3.8) is 0 Å². The second kappa shape index (κ2) is 6.04. The molecule has 2 rings (SSSR count). The van der Waals surface area contributed by atoms with Crippen LogP contribution >= 0.6 is 0 Å². The Kier molecular flexibility index (Phi) is 4.18. The molecule has 0 unspecified atom stereocenters. The Morgan fingerprint density at radius 3 is 2.71 bits per heavy atom. The van der Waals surface area contributed by atoms with Crippen molar-refractivity contribution < 1.29 is 14.8 Å². The molecule has 0 amide bonds. The predicted molar refractivity (Wildman–Crippen MR) is 78.6 cm³/mol. The van der Waals surface area contributed by atoms with E-state index >= 15 is 0 Å². The van der Waals surface area contributed by atoms with Crippen molar-refractivity contribution in [1.82, 2.24) is 0 Å². The fourth-order valence-electron chi connectivity index (χ4n) is 1.93. The van der Waals surface area contributed by atoms with Crippen LogP contribution in [0.2, 0.25) is 0 Å². The van der Waals surface area contributed by atoms with Crippen molar-refractivity contribution in [3.05, 3.63) is 69.3 Å². The molecular weight excluding hydrogens is 272 g/mol. The zero-order valence-corrected chi connectivity index (χ0v) is 11.4. The molecule has 21 heavy (non-hydrogen) atoms. The molecule has 0 aliphatic heterocycles. The summed E-state index contributed by atoms with van der Waals surface area (Å²) in [6.45, 7) is 2.24. The van der Waals surface area contributed by atoms with Gasteiger partial charge >= 0.3 is 5.97 Å². The highest BCUT2D eigenvalue weighted by atomic mass is 16.6. The number of nitro benzene ring substituents is 1. The van der Waals surface area contributed by atoms with E-state index in [2.05, 4.69) is 5.32 Å². The summed E-state index contributed by atoms with van der Waals surface area (Å²) in [5, 5.41) is 22.8. The van der Waals surface area contributed by atoms with Gasteiger partial charge in [0.1, 0.15) is 0 Å². The highest BCUT2D eigenvalue weighted by Gasteiger charge is 2.09. The quantitative estimate of drug-likeness (QED) is 0.650. The Morgan fingerprint density at radius 1 is 1.29 bits per heavy atom. The number of hydrogen-bond donors (Lipinski definition) is 2. The number of nitrogens with zero attached hydrogens (tertiary/aromatic N) is 1. The number of carbonyl (C=O) groups is 1. The maximum atomic E-state index is 10.9. The maximum Gasteiger partial charge on any atom is 0.335 e. The van der Waals surface area contributed by atoms with Crippen LogP contribution in [0.4, 0.5) is 11.4 Å². The number of nitrogens with one attached hydrogen (secondary N) is 1. The van der Waals surface area contributed by atoms with Crippen molar-refractivity contribution in [3.8, 4) is 0 Å². The molecule has 6 nitrogen and oxygen atoms in total. The molecule has 0 spiro atoms. The highest BCUT2D eigenvalue weighted by Crippen LogP contribution is 2.22. The first-order valence-corrected chi connectivity index (χ1v) is 6.28. The average Bonchev–Trinajstić information content (AvgIpc) is 2.46. The summed E-state index contributed by atoms with van der Waals surface area (Å²) in [6.07, 6.45) is 0. The number of carboxylic acids is 1. The van der Waals surface area contributed by atoms with E-state index in [0.29, 0.717) is 12.2 Å². The summed E-state index contributed by atoms with van der Waals surface area (Å²) in [5.41, 5.74) is 2.56. The molecule has 0 saturated heterocycles. The Bertz CT molecular complexity index is 698. The van der Waals surface area contributed by atoms with Crippen molar-refractivity contribution in [2.24, 2.45) is 0 Å². The molecule has 2 N–H and O–H groups in total. The van der Waals surface area contributed by atoms with E-state index in [9.17, 15) is 14.9 Å². The van der Waals surface area contributed by atoms with Gasteiger partial charge in [-0.3, -0.25) is 10.1 Å². The Morgan fingerprint density at radius 2 is 2.05 bits per heavy atom. The summed E-state index contributed by atoms with van der Waals surface area (Å²) < 4.78 is 0. The number of aryl methyl sites for hydroxylation is 1. The Labute approximate surface area is 121 Å². The van der Waals surface area contributed by atoms with Crippen molar-refractivity contribution in [1.29, 1.82) is 0 Å². The Balaban J connectivity index is 2.16. The van der Waals surface area contributed by atoms with E-state index in [1.165, 1.54) is 18.2 Å². The summed E-state index contributed by atoms with van der Waals surface area (Å²) in [6, 6.07) is 11.1. The lowest BCUT2D eigenvalue weighted by molar-refractivity contribution is -0.384. The number of nitro groups is 1. The smallest absolute Gasteiger partial charge is 0.335 e. The van der Waals surface area contributed by atoms with E-state index in [0.717, 1.165) is 11.1 Å². The van der Waals surface area contributed by atoms with E-state index < -0.39 is 10.9 Å². The van der Waals surface area contributed by atoms with Gasteiger partial charge in [-0.2, -0.15) is 0 Å². The van der Waals surface area contributed by atoms with Gasteiger partial charge in [0.2, 0.25) is 0 Å². The number of non-ortho nitro benzene ring substituents is 1. The minimum Gasteiger partial charge on any atom is -0.478 e. The maximum absolute atomic E-state index is 10.9. The van der Waals surface area contributed by atoms with Crippen LogP contribution in [-0.4, -0.2) is 16.0 Å². The number of carboxylic acid groups (broad SMARTS) is 1. The van der Waals surface area contributed by atoms with Gasteiger partial charge in [0.05, 0.1) is 10.5 Å². The van der Waals surface area contributed by atoms with E-state index in [4.69, 9.17) is 5.11 Å². The normalized spacial score (nSPS) is 10.1. The van der Waals surface area contributed by atoms with Gasteiger partial charge < -0.3 is 10.4 Å². The van der Waals surface area contributed by atoms with Crippen LogP contribution in [0.15, 0.2) is 42.5 Å². The summed E-state index contributed by atoms with van der Waals surface area (Å²) >= 11 is 0. The molecule has 0 aliphatic rings. The molecule has 0 atom stereocenters. The molecule has 0 heterocycles. The molecule has 0 fully saturated rings. The first kappa shape index (κ1) is 14.5. The van der Waals surface area contributed by atoms with Gasteiger partial charge in [-0.05, 0) is 30.2 Å².